The molecule has 18 heavy (non-hydrogen) atoms. The minimum Gasteiger partial charge on any atom is -0.377 e. The molecule has 1 aromatic carbocycles. The Hall–Kier alpha value is -1.61. The van der Waals surface area contributed by atoms with Crippen molar-refractivity contribution in [1.29, 1.82) is 0 Å². The topological polar surface area (TPSA) is 38.3 Å². The number of allylic oxidation sites excluding steroid dienone is 2. The van der Waals surface area contributed by atoms with Crippen LogP contribution in [0.15, 0.2) is 36.4 Å². The summed E-state index contributed by atoms with van der Waals surface area (Å²) in [4.78, 5) is 11.9. The molecule has 1 aliphatic rings. The van der Waals surface area contributed by atoms with E-state index in [4.69, 9.17) is 4.74 Å². The van der Waals surface area contributed by atoms with Gasteiger partial charge in [-0.15, -0.1) is 0 Å². The van der Waals surface area contributed by atoms with Gasteiger partial charge in [0.05, 0.1) is 6.61 Å². The van der Waals surface area contributed by atoms with E-state index in [0.29, 0.717) is 13.2 Å². The Kier molecular flexibility index (Phi) is 4.53. The first-order valence-corrected chi connectivity index (χ1v) is 6.42. The number of ether oxygens (including phenoxy) is 1. The Morgan fingerprint density at radius 2 is 1.94 bits per heavy atom. The fourth-order valence-electron chi connectivity index (χ4n) is 1.98. The quantitative estimate of drug-likeness (QED) is 0.809. The summed E-state index contributed by atoms with van der Waals surface area (Å²) in [5, 5.41) is 2.95. The summed E-state index contributed by atoms with van der Waals surface area (Å²) in [7, 11) is 0. The molecule has 0 spiro atoms. The number of carbonyl (C=O) groups is 1. The first-order valence-electron chi connectivity index (χ1n) is 6.42. The molecule has 0 atom stereocenters. The van der Waals surface area contributed by atoms with Gasteiger partial charge in [0, 0.05) is 18.2 Å². The van der Waals surface area contributed by atoms with Gasteiger partial charge in [0.2, 0.25) is 5.91 Å². The molecule has 0 aromatic heterocycles. The van der Waals surface area contributed by atoms with Crippen molar-refractivity contribution < 1.29 is 9.53 Å². The lowest BCUT2D eigenvalue weighted by atomic mass is 10.1. The molecule has 0 unspecified atom stereocenters. The highest BCUT2D eigenvalue weighted by atomic mass is 16.5. The third kappa shape index (κ3) is 3.44. The number of carbonyl (C=O) groups excluding carboxylic acids is 1. The molecular weight excluding hydrogens is 226 g/mol. The van der Waals surface area contributed by atoms with E-state index in [1.54, 1.807) is 0 Å². The van der Waals surface area contributed by atoms with Gasteiger partial charge in [0.1, 0.15) is 0 Å². The third-order valence-electron chi connectivity index (χ3n) is 3.07. The fraction of sp³-hybridized carbons (Fsp3) is 0.400. The molecule has 0 bridgehead atoms. The summed E-state index contributed by atoms with van der Waals surface area (Å²) in [6.45, 7) is 3.31. The van der Waals surface area contributed by atoms with Crippen molar-refractivity contribution >= 4 is 11.6 Å². The number of benzene rings is 1. The molecule has 0 fully saturated rings. The molecular formula is C15H19NO2. The molecule has 3 nitrogen and oxygen atoms in total. The fourth-order valence-corrected chi connectivity index (χ4v) is 1.98. The van der Waals surface area contributed by atoms with Crippen molar-refractivity contribution in [1.82, 2.24) is 0 Å². The van der Waals surface area contributed by atoms with Crippen LogP contribution in [0.5, 0.6) is 0 Å². The van der Waals surface area contributed by atoms with Crippen LogP contribution < -0.4 is 5.32 Å². The number of hydrogen-bond acceptors (Lipinski definition) is 2. The van der Waals surface area contributed by atoms with Crippen LogP contribution in [0.4, 0.5) is 5.69 Å². The lowest BCUT2D eigenvalue weighted by Crippen LogP contribution is -2.20. The first kappa shape index (κ1) is 12.8. The highest BCUT2D eigenvalue weighted by Gasteiger charge is 2.18. The number of anilines is 1. The van der Waals surface area contributed by atoms with Gasteiger partial charge in [-0.3, -0.25) is 4.79 Å². The maximum Gasteiger partial charge on any atom is 0.228 e. The van der Waals surface area contributed by atoms with Crippen LogP contribution in [0, 0.1) is 5.92 Å². The Balaban J connectivity index is 1.87. The summed E-state index contributed by atoms with van der Waals surface area (Å²) in [6, 6.07) is 7.82. The third-order valence-corrected chi connectivity index (χ3v) is 3.07. The average molecular weight is 245 g/mol. The van der Waals surface area contributed by atoms with E-state index in [9.17, 15) is 4.79 Å². The van der Waals surface area contributed by atoms with Crippen molar-refractivity contribution in [2.75, 3.05) is 11.9 Å². The predicted molar refractivity (Wildman–Crippen MR) is 72.3 cm³/mol. The minimum absolute atomic E-state index is 0.105. The van der Waals surface area contributed by atoms with E-state index in [0.717, 1.165) is 24.1 Å². The maximum atomic E-state index is 11.9. The standard InChI is InChI=1S/C15H19NO2/c1-2-18-11-12-7-9-14(10-8-12)16-15(17)13-5-3-4-6-13/h3-4,7-10,13H,2,5-6,11H2,1H3,(H,16,17). The molecule has 1 N–H and O–H groups in total. The number of amides is 1. The summed E-state index contributed by atoms with van der Waals surface area (Å²) >= 11 is 0. The average Bonchev–Trinajstić information content (AvgIpc) is 2.92. The number of hydrogen-bond donors (Lipinski definition) is 1. The van der Waals surface area contributed by atoms with E-state index >= 15 is 0 Å². The lowest BCUT2D eigenvalue weighted by Gasteiger charge is -2.11. The zero-order valence-corrected chi connectivity index (χ0v) is 10.7. The Morgan fingerprint density at radius 3 is 2.56 bits per heavy atom. The first-order chi connectivity index (χ1) is 8.79. The second-order valence-corrected chi connectivity index (χ2v) is 4.46. The summed E-state index contributed by atoms with van der Waals surface area (Å²) in [5.74, 6) is 0.214. The van der Waals surface area contributed by atoms with Crippen molar-refractivity contribution in [2.45, 2.75) is 26.4 Å². The molecule has 0 aliphatic heterocycles. The summed E-state index contributed by atoms with van der Waals surface area (Å²) in [6.07, 6.45) is 5.84. The molecule has 1 aliphatic carbocycles. The Labute approximate surface area is 108 Å². The van der Waals surface area contributed by atoms with E-state index in [1.165, 1.54) is 0 Å². The number of nitrogens with one attached hydrogen (secondary N) is 1. The van der Waals surface area contributed by atoms with Crippen LogP contribution in [-0.4, -0.2) is 12.5 Å². The van der Waals surface area contributed by atoms with Crippen molar-refractivity contribution in [3.8, 4) is 0 Å². The highest BCUT2D eigenvalue weighted by molar-refractivity contribution is 5.93. The summed E-state index contributed by atoms with van der Waals surface area (Å²) in [5.41, 5.74) is 1.98. The van der Waals surface area contributed by atoms with Crippen molar-refractivity contribution in [3.63, 3.8) is 0 Å². The number of rotatable bonds is 5. The van der Waals surface area contributed by atoms with Gasteiger partial charge >= 0.3 is 0 Å². The van der Waals surface area contributed by atoms with Gasteiger partial charge in [0.15, 0.2) is 0 Å². The lowest BCUT2D eigenvalue weighted by molar-refractivity contribution is -0.119. The molecule has 1 amide bonds. The largest absolute Gasteiger partial charge is 0.377 e. The molecule has 96 valence electrons. The van der Waals surface area contributed by atoms with Gasteiger partial charge in [0.25, 0.3) is 0 Å². The van der Waals surface area contributed by atoms with Gasteiger partial charge in [-0.2, -0.15) is 0 Å². The van der Waals surface area contributed by atoms with Crippen LogP contribution in [0.3, 0.4) is 0 Å². The van der Waals surface area contributed by atoms with E-state index in [1.807, 2.05) is 31.2 Å². The SMILES string of the molecule is CCOCc1ccc(NC(=O)C2CC=CC2)cc1. The normalized spacial score (nSPS) is 14.9. The predicted octanol–water partition coefficient (Wildman–Crippen LogP) is 3.13. The molecule has 0 radical (unpaired) electrons. The van der Waals surface area contributed by atoms with E-state index in [2.05, 4.69) is 17.5 Å². The van der Waals surface area contributed by atoms with Gasteiger partial charge < -0.3 is 10.1 Å². The molecule has 0 saturated carbocycles. The second-order valence-electron chi connectivity index (χ2n) is 4.46. The van der Waals surface area contributed by atoms with Gasteiger partial charge in [-0.25, -0.2) is 0 Å². The van der Waals surface area contributed by atoms with Gasteiger partial charge in [-0.1, -0.05) is 24.3 Å². The van der Waals surface area contributed by atoms with Gasteiger partial charge in [-0.05, 0) is 37.5 Å². The molecule has 3 heteroatoms. The zero-order chi connectivity index (χ0) is 12.8. The Bertz CT molecular complexity index is 415. The molecule has 1 aromatic rings. The van der Waals surface area contributed by atoms with E-state index in [-0.39, 0.29) is 11.8 Å². The second kappa shape index (κ2) is 6.36. The highest BCUT2D eigenvalue weighted by Crippen LogP contribution is 2.20. The van der Waals surface area contributed by atoms with E-state index < -0.39 is 0 Å². The van der Waals surface area contributed by atoms with Crippen LogP contribution in [-0.2, 0) is 16.1 Å². The molecule has 2 rings (SSSR count). The smallest absolute Gasteiger partial charge is 0.228 e. The zero-order valence-electron chi connectivity index (χ0n) is 10.7. The van der Waals surface area contributed by atoms with Crippen LogP contribution in [0.1, 0.15) is 25.3 Å². The monoisotopic (exact) mass is 245 g/mol. The summed E-state index contributed by atoms with van der Waals surface area (Å²) < 4.78 is 5.33. The van der Waals surface area contributed by atoms with Crippen LogP contribution >= 0.6 is 0 Å². The molecule has 0 heterocycles. The van der Waals surface area contributed by atoms with Crippen LogP contribution in [0.25, 0.3) is 0 Å². The molecule has 0 saturated heterocycles. The maximum absolute atomic E-state index is 11.9. The van der Waals surface area contributed by atoms with Crippen molar-refractivity contribution in [2.24, 2.45) is 5.92 Å². The Morgan fingerprint density at radius 1 is 1.28 bits per heavy atom. The van der Waals surface area contributed by atoms with Crippen LogP contribution in [0.2, 0.25) is 0 Å². The minimum atomic E-state index is 0.105. The van der Waals surface area contributed by atoms with Crippen molar-refractivity contribution in [3.05, 3.63) is 42.0 Å².